The van der Waals surface area contributed by atoms with E-state index in [4.69, 9.17) is 12.2 Å². The van der Waals surface area contributed by atoms with Crippen molar-refractivity contribution in [3.05, 3.63) is 33.2 Å². The van der Waals surface area contributed by atoms with Crippen LogP contribution in [0, 0.1) is 11.7 Å². The third-order valence-corrected chi connectivity index (χ3v) is 3.50. The van der Waals surface area contributed by atoms with Gasteiger partial charge in [-0.15, -0.1) is 11.3 Å². The number of imidazole rings is 1. The molecule has 5 heteroatoms. The van der Waals surface area contributed by atoms with Gasteiger partial charge in [0.25, 0.3) is 0 Å². The van der Waals surface area contributed by atoms with Gasteiger partial charge < -0.3 is 9.55 Å². The summed E-state index contributed by atoms with van der Waals surface area (Å²) < 4.78 is 2.75. The molecule has 1 atom stereocenters. The van der Waals surface area contributed by atoms with Crippen LogP contribution in [0.1, 0.15) is 22.9 Å². The molecule has 3 nitrogen and oxygen atoms in total. The lowest BCUT2D eigenvalue weighted by molar-refractivity contribution is 0.626. The van der Waals surface area contributed by atoms with E-state index in [-0.39, 0.29) is 6.04 Å². The van der Waals surface area contributed by atoms with E-state index in [1.807, 2.05) is 23.2 Å². The summed E-state index contributed by atoms with van der Waals surface area (Å²) in [7, 11) is 0. The summed E-state index contributed by atoms with van der Waals surface area (Å²) in [5.41, 5.74) is 0. The maximum Gasteiger partial charge on any atom is 0.177 e. The van der Waals surface area contributed by atoms with Crippen molar-refractivity contribution in [2.45, 2.75) is 19.9 Å². The summed E-state index contributed by atoms with van der Waals surface area (Å²) >= 11 is 6.86. The Labute approximate surface area is 91.4 Å². The Kier molecular flexibility index (Phi) is 2.52. The van der Waals surface area contributed by atoms with Gasteiger partial charge >= 0.3 is 0 Å². The molecular formula is C9H11N3S2. The van der Waals surface area contributed by atoms with Gasteiger partial charge in [-0.2, -0.15) is 0 Å². The van der Waals surface area contributed by atoms with E-state index < -0.39 is 0 Å². The topological polar surface area (TPSA) is 33.6 Å². The molecule has 2 heterocycles. The van der Waals surface area contributed by atoms with Crippen molar-refractivity contribution >= 4 is 23.6 Å². The monoisotopic (exact) mass is 225 g/mol. The summed E-state index contributed by atoms with van der Waals surface area (Å²) in [6.07, 6.45) is 5.69. The molecule has 74 valence electrons. The molecule has 0 aliphatic rings. The van der Waals surface area contributed by atoms with Gasteiger partial charge in [0.15, 0.2) is 4.77 Å². The van der Waals surface area contributed by atoms with Crippen molar-refractivity contribution in [1.82, 2.24) is 14.5 Å². The molecule has 14 heavy (non-hydrogen) atoms. The second-order valence-electron chi connectivity index (χ2n) is 3.16. The maximum absolute atomic E-state index is 5.15. The standard InChI is InChI=1S/C9H11N3S2/c1-6-5-11-8(14-6)7(2)12-4-3-10-9(12)13/h3-5,7H,1-2H3,(H,10,13). The normalized spacial score (nSPS) is 13.0. The zero-order valence-electron chi connectivity index (χ0n) is 8.02. The van der Waals surface area contributed by atoms with Crippen LogP contribution in [0.25, 0.3) is 0 Å². The van der Waals surface area contributed by atoms with Crippen molar-refractivity contribution in [3.8, 4) is 0 Å². The number of rotatable bonds is 2. The second-order valence-corrected chi connectivity index (χ2v) is 4.81. The fraction of sp³-hybridized carbons (Fsp3) is 0.333. The van der Waals surface area contributed by atoms with Gasteiger partial charge in [-0.05, 0) is 26.1 Å². The van der Waals surface area contributed by atoms with Crippen LogP contribution in [-0.2, 0) is 0 Å². The minimum absolute atomic E-state index is 0.215. The Bertz CT molecular complexity index is 480. The van der Waals surface area contributed by atoms with Crippen molar-refractivity contribution in [2.75, 3.05) is 0 Å². The third-order valence-electron chi connectivity index (χ3n) is 2.09. The Morgan fingerprint density at radius 3 is 2.93 bits per heavy atom. The highest BCUT2D eigenvalue weighted by molar-refractivity contribution is 7.71. The van der Waals surface area contributed by atoms with Gasteiger partial charge in [-0.3, -0.25) is 0 Å². The van der Waals surface area contributed by atoms with Gasteiger partial charge in [0, 0.05) is 23.5 Å². The molecule has 0 fully saturated rings. The predicted molar refractivity (Wildman–Crippen MR) is 60.3 cm³/mol. The molecule has 2 aromatic heterocycles. The van der Waals surface area contributed by atoms with E-state index in [0.29, 0.717) is 0 Å². The van der Waals surface area contributed by atoms with E-state index in [2.05, 4.69) is 23.8 Å². The van der Waals surface area contributed by atoms with E-state index in [1.54, 1.807) is 11.3 Å². The number of aromatic nitrogens is 3. The number of H-pyrrole nitrogens is 1. The molecule has 0 saturated heterocycles. The van der Waals surface area contributed by atoms with Crippen LogP contribution < -0.4 is 0 Å². The lowest BCUT2D eigenvalue weighted by Crippen LogP contribution is -2.04. The van der Waals surface area contributed by atoms with Crippen LogP contribution in [-0.4, -0.2) is 14.5 Å². The van der Waals surface area contributed by atoms with Crippen LogP contribution in [0.5, 0.6) is 0 Å². The number of aromatic amines is 1. The van der Waals surface area contributed by atoms with E-state index >= 15 is 0 Å². The number of thiazole rings is 1. The molecule has 1 N–H and O–H groups in total. The minimum atomic E-state index is 0.215. The quantitative estimate of drug-likeness (QED) is 0.797. The van der Waals surface area contributed by atoms with E-state index in [0.717, 1.165) is 9.78 Å². The van der Waals surface area contributed by atoms with Crippen LogP contribution in [0.3, 0.4) is 0 Å². The molecule has 0 aromatic carbocycles. The number of nitrogens with zero attached hydrogens (tertiary/aromatic N) is 2. The number of aryl methyl sites for hydroxylation is 1. The number of nitrogens with one attached hydrogen (secondary N) is 1. The van der Waals surface area contributed by atoms with Gasteiger partial charge in [0.1, 0.15) is 5.01 Å². The third kappa shape index (κ3) is 1.65. The van der Waals surface area contributed by atoms with Gasteiger partial charge in [-0.25, -0.2) is 4.98 Å². The van der Waals surface area contributed by atoms with Crippen LogP contribution in [0.2, 0.25) is 0 Å². The molecular weight excluding hydrogens is 214 g/mol. The lowest BCUT2D eigenvalue weighted by atomic mass is 10.3. The van der Waals surface area contributed by atoms with Gasteiger partial charge in [0.2, 0.25) is 0 Å². The first kappa shape index (κ1) is 9.61. The average Bonchev–Trinajstić information content (AvgIpc) is 2.73. The Hall–Kier alpha value is -0.940. The first-order valence-corrected chi connectivity index (χ1v) is 5.59. The smallest absolute Gasteiger partial charge is 0.177 e. The molecule has 0 saturated carbocycles. The summed E-state index contributed by atoms with van der Waals surface area (Å²) in [5.74, 6) is 0. The SMILES string of the molecule is Cc1cnc(C(C)n2cc[nH]c2=S)s1. The van der Waals surface area contributed by atoms with E-state index in [9.17, 15) is 0 Å². The molecule has 0 aliphatic heterocycles. The van der Waals surface area contributed by atoms with Crippen LogP contribution in [0.4, 0.5) is 0 Å². The summed E-state index contributed by atoms with van der Waals surface area (Å²) in [6, 6.07) is 0.215. The van der Waals surface area contributed by atoms with Crippen LogP contribution >= 0.6 is 23.6 Å². The molecule has 0 bridgehead atoms. The molecule has 2 rings (SSSR count). The van der Waals surface area contributed by atoms with Crippen LogP contribution in [0.15, 0.2) is 18.6 Å². The fourth-order valence-corrected chi connectivity index (χ4v) is 2.43. The molecule has 0 radical (unpaired) electrons. The Balaban J connectivity index is 2.38. The highest BCUT2D eigenvalue weighted by Gasteiger charge is 2.11. The lowest BCUT2D eigenvalue weighted by Gasteiger charge is -2.08. The first-order valence-electron chi connectivity index (χ1n) is 4.36. The highest BCUT2D eigenvalue weighted by Crippen LogP contribution is 2.22. The molecule has 0 aliphatic carbocycles. The van der Waals surface area contributed by atoms with Crippen molar-refractivity contribution in [3.63, 3.8) is 0 Å². The Morgan fingerprint density at radius 1 is 1.64 bits per heavy atom. The minimum Gasteiger partial charge on any atom is -0.337 e. The molecule has 0 amide bonds. The van der Waals surface area contributed by atoms with Crippen molar-refractivity contribution in [2.24, 2.45) is 0 Å². The average molecular weight is 225 g/mol. The highest BCUT2D eigenvalue weighted by atomic mass is 32.1. The maximum atomic E-state index is 5.15. The van der Waals surface area contributed by atoms with Gasteiger partial charge in [-0.1, -0.05) is 0 Å². The summed E-state index contributed by atoms with van der Waals surface area (Å²) in [4.78, 5) is 8.56. The molecule has 0 spiro atoms. The van der Waals surface area contributed by atoms with Crippen molar-refractivity contribution < 1.29 is 0 Å². The zero-order valence-corrected chi connectivity index (χ0v) is 9.65. The predicted octanol–water partition coefficient (Wildman–Crippen LogP) is 2.92. The van der Waals surface area contributed by atoms with Gasteiger partial charge in [0.05, 0.1) is 6.04 Å². The van der Waals surface area contributed by atoms with Crippen molar-refractivity contribution in [1.29, 1.82) is 0 Å². The zero-order chi connectivity index (χ0) is 10.1. The summed E-state index contributed by atoms with van der Waals surface area (Å²) in [6.45, 7) is 4.16. The molecule has 2 aromatic rings. The second kappa shape index (κ2) is 3.67. The summed E-state index contributed by atoms with van der Waals surface area (Å²) in [5, 5.41) is 1.10. The molecule has 1 unspecified atom stereocenters. The largest absolute Gasteiger partial charge is 0.337 e. The van der Waals surface area contributed by atoms with E-state index in [1.165, 1.54) is 4.88 Å². The fourth-order valence-electron chi connectivity index (χ4n) is 1.32. The number of hydrogen-bond acceptors (Lipinski definition) is 3. The first-order chi connectivity index (χ1) is 6.68. The Morgan fingerprint density at radius 2 is 2.43 bits per heavy atom. The number of hydrogen-bond donors (Lipinski definition) is 1.